The summed E-state index contributed by atoms with van der Waals surface area (Å²) < 4.78 is 0. The molecule has 1 fully saturated rings. The molecule has 17 heavy (non-hydrogen) atoms. The van der Waals surface area contributed by atoms with Crippen molar-refractivity contribution >= 4 is 0 Å². The van der Waals surface area contributed by atoms with E-state index in [9.17, 15) is 0 Å². The topological polar surface area (TPSA) is 24.9 Å². The molecule has 1 aromatic rings. The maximum atomic E-state index is 4.23. The zero-order chi connectivity index (χ0) is 12.5. The summed E-state index contributed by atoms with van der Waals surface area (Å²) in [5.41, 5.74) is 1.82. The van der Waals surface area contributed by atoms with Gasteiger partial charge in [-0.2, -0.15) is 0 Å². The number of hydrogen-bond acceptors (Lipinski definition) is 2. The van der Waals surface area contributed by atoms with Gasteiger partial charge in [0.1, 0.15) is 0 Å². The van der Waals surface area contributed by atoms with E-state index in [2.05, 4.69) is 44.1 Å². The highest BCUT2D eigenvalue weighted by molar-refractivity contribution is 5.29. The first-order valence-electron chi connectivity index (χ1n) is 6.64. The lowest BCUT2D eigenvalue weighted by atomic mass is 10.1. The average molecular weight is 232 g/mol. The molecular weight excluding hydrogens is 208 g/mol. The largest absolute Gasteiger partial charge is 0.316 e. The summed E-state index contributed by atoms with van der Waals surface area (Å²) in [4.78, 5) is 4.23. The van der Waals surface area contributed by atoms with Crippen LogP contribution in [0.25, 0.3) is 0 Å². The summed E-state index contributed by atoms with van der Waals surface area (Å²) in [7, 11) is 0. The molecule has 1 heterocycles. The van der Waals surface area contributed by atoms with Crippen molar-refractivity contribution in [3.8, 4) is 0 Å². The quantitative estimate of drug-likeness (QED) is 0.844. The van der Waals surface area contributed by atoms with Crippen LogP contribution in [0.5, 0.6) is 0 Å². The van der Waals surface area contributed by atoms with E-state index in [1.165, 1.54) is 5.56 Å². The second kappa shape index (κ2) is 4.77. The van der Waals surface area contributed by atoms with Crippen LogP contribution in [0.3, 0.4) is 0 Å². The SMILES string of the molecule is CC(C)CNCC1C(c2cccnc2)C1(C)C. The molecule has 0 bridgehead atoms. The summed E-state index contributed by atoms with van der Waals surface area (Å²) in [5, 5.41) is 3.58. The van der Waals surface area contributed by atoms with Gasteiger partial charge in [0, 0.05) is 12.4 Å². The van der Waals surface area contributed by atoms with E-state index in [0.29, 0.717) is 11.3 Å². The number of aromatic nitrogens is 1. The molecule has 0 aliphatic heterocycles. The maximum absolute atomic E-state index is 4.23. The molecule has 0 spiro atoms. The summed E-state index contributed by atoms with van der Waals surface area (Å²) in [6, 6.07) is 4.25. The first-order valence-corrected chi connectivity index (χ1v) is 6.64. The van der Waals surface area contributed by atoms with Gasteiger partial charge in [0.2, 0.25) is 0 Å². The minimum absolute atomic E-state index is 0.424. The fourth-order valence-electron chi connectivity index (χ4n) is 2.87. The summed E-state index contributed by atoms with van der Waals surface area (Å²) in [6.45, 7) is 11.5. The van der Waals surface area contributed by atoms with Gasteiger partial charge in [-0.1, -0.05) is 33.8 Å². The van der Waals surface area contributed by atoms with Crippen LogP contribution < -0.4 is 5.32 Å². The van der Waals surface area contributed by atoms with Gasteiger partial charge in [0.05, 0.1) is 0 Å². The smallest absolute Gasteiger partial charge is 0.0303 e. The van der Waals surface area contributed by atoms with E-state index in [-0.39, 0.29) is 0 Å². The fourth-order valence-corrected chi connectivity index (χ4v) is 2.87. The summed E-state index contributed by atoms with van der Waals surface area (Å²) in [5.74, 6) is 2.16. The van der Waals surface area contributed by atoms with Gasteiger partial charge in [-0.05, 0) is 47.9 Å². The summed E-state index contributed by atoms with van der Waals surface area (Å²) in [6.07, 6.45) is 3.87. The van der Waals surface area contributed by atoms with Gasteiger partial charge >= 0.3 is 0 Å². The van der Waals surface area contributed by atoms with Crippen molar-refractivity contribution in [3.05, 3.63) is 30.1 Å². The zero-order valence-electron chi connectivity index (χ0n) is 11.4. The van der Waals surface area contributed by atoms with Crippen molar-refractivity contribution in [2.24, 2.45) is 17.3 Å². The van der Waals surface area contributed by atoms with Crippen LogP contribution in [0, 0.1) is 17.3 Å². The molecule has 0 amide bonds. The first kappa shape index (κ1) is 12.6. The van der Waals surface area contributed by atoms with Crippen molar-refractivity contribution in [3.63, 3.8) is 0 Å². The van der Waals surface area contributed by atoms with Gasteiger partial charge in [0.25, 0.3) is 0 Å². The van der Waals surface area contributed by atoms with E-state index in [1.54, 1.807) is 0 Å². The van der Waals surface area contributed by atoms with Crippen LogP contribution in [0.4, 0.5) is 0 Å². The Morgan fingerprint density at radius 2 is 2.18 bits per heavy atom. The molecule has 2 nitrogen and oxygen atoms in total. The Bertz CT molecular complexity index is 356. The van der Waals surface area contributed by atoms with Crippen LogP contribution in [0.1, 0.15) is 39.2 Å². The van der Waals surface area contributed by atoms with Gasteiger partial charge in [-0.15, -0.1) is 0 Å². The molecule has 94 valence electrons. The van der Waals surface area contributed by atoms with E-state index in [4.69, 9.17) is 0 Å². The first-order chi connectivity index (χ1) is 8.03. The third kappa shape index (κ3) is 2.68. The lowest BCUT2D eigenvalue weighted by molar-refractivity contribution is 0.487. The van der Waals surface area contributed by atoms with Crippen molar-refractivity contribution in [1.82, 2.24) is 10.3 Å². The van der Waals surface area contributed by atoms with Gasteiger partial charge in [0.15, 0.2) is 0 Å². The van der Waals surface area contributed by atoms with Crippen molar-refractivity contribution < 1.29 is 0 Å². The van der Waals surface area contributed by atoms with Crippen LogP contribution >= 0.6 is 0 Å². The Morgan fingerprint density at radius 3 is 2.76 bits per heavy atom. The molecule has 0 saturated heterocycles. The Balaban J connectivity index is 1.93. The van der Waals surface area contributed by atoms with Gasteiger partial charge < -0.3 is 5.32 Å². The number of rotatable bonds is 5. The normalized spacial score (nSPS) is 26.2. The summed E-state index contributed by atoms with van der Waals surface area (Å²) >= 11 is 0. The van der Waals surface area contributed by atoms with Crippen LogP contribution in [-0.2, 0) is 0 Å². The van der Waals surface area contributed by atoms with Crippen molar-refractivity contribution in [2.45, 2.75) is 33.6 Å². The number of nitrogens with one attached hydrogen (secondary N) is 1. The molecule has 2 rings (SSSR count). The van der Waals surface area contributed by atoms with Crippen LogP contribution in [0.2, 0.25) is 0 Å². The monoisotopic (exact) mass is 232 g/mol. The molecule has 1 aliphatic carbocycles. The van der Waals surface area contributed by atoms with E-state index >= 15 is 0 Å². The van der Waals surface area contributed by atoms with Crippen LogP contribution in [0.15, 0.2) is 24.5 Å². The second-order valence-electron chi connectivity index (χ2n) is 6.24. The molecule has 2 atom stereocenters. The van der Waals surface area contributed by atoms with Crippen LogP contribution in [-0.4, -0.2) is 18.1 Å². The Morgan fingerprint density at radius 1 is 1.41 bits per heavy atom. The highest BCUT2D eigenvalue weighted by Gasteiger charge is 2.57. The minimum Gasteiger partial charge on any atom is -0.316 e. The third-order valence-corrected chi connectivity index (χ3v) is 4.01. The molecule has 0 aromatic carbocycles. The molecule has 0 radical (unpaired) electrons. The maximum Gasteiger partial charge on any atom is 0.0303 e. The van der Waals surface area contributed by atoms with E-state index in [1.807, 2.05) is 18.5 Å². The molecule has 1 N–H and O–H groups in total. The van der Waals surface area contributed by atoms with Gasteiger partial charge in [-0.3, -0.25) is 4.98 Å². The minimum atomic E-state index is 0.424. The number of pyridine rings is 1. The Hall–Kier alpha value is -0.890. The zero-order valence-corrected chi connectivity index (χ0v) is 11.4. The predicted molar refractivity (Wildman–Crippen MR) is 72.0 cm³/mol. The van der Waals surface area contributed by atoms with E-state index < -0.39 is 0 Å². The molecular formula is C15H24N2. The molecule has 2 heteroatoms. The predicted octanol–water partition coefficient (Wildman–Crippen LogP) is 3.07. The molecule has 1 saturated carbocycles. The highest BCUT2D eigenvalue weighted by atomic mass is 14.9. The van der Waals surface area contributed by atoms with Crippen molar-refractivity contribution in [1.29, 1.82) is 0 Å². The van der Waals surface area contributed by atoms with Gasteiger partial charge in [-0.25, -0.2) is 0 Å². The molecule has 2 unspecified atom stereocenters. The van der Waals surface area contributed by atoms with Crippen molar-refractivity contribution in [2.75, 3.05) is 13.1 Å². The van der Waals surface area contributed by atoms with E-state index in [0.717, 1.165) is 24.9 Å². The molecule has 1 aliphatic rings. The third-order valence-electron chi connectivity index (χ3n) is 4.01. The highest BCUT2D eigenvalue weighted by Crippen LogP contribution is 2.63. The number of nitrogens with zero attached hydrogens (tertiary/aromatic N) is 1. The molecule has 1 aromatic heterocycles. The lowest BCUT2D eigenvalue weighted by Gasteiger charge is -2.07. The Labute approximate surface area is 105 Å². The second-order valence-corrected chi connectivity index (χ2v) is 6.24. The number of hydrogen-bond donors (Lipinski definition) is 1. The lowest BCUT2D eigenvalue weighted by Crippen LogP contribution is -2.23. The standard InChI is InChI=1S/C15H24N2/c1-11(2)8-17-10-13-14(15(13,3)4)12-6-5-7-16-9-12/h5-7,9,11,13-14,17H,8,10H2,1-4H3. The fraction of sp³-hybridized carbons (Fsp3) is 0.667. The Kier molecular flexibility index (Phi) is 3.53. The average Bonchev–Trinajstić information content (AvgIpc) is 2.81.